The van der Waals surface area contributed by atoms with Crippen LogP contribution in [0.1, 0.15) is 32.3 Å². The van der Waals surface area contributed by atoms with E-state index in [2.05, 4.69) is 11.4 Å². The van der Waals surface area contributed by atoms with E-state index in [0.29, 0.717) is 39.1 Å². The van der Waals surface area contributed by atoms with Crippen molar-refractivity contribution in [2.75, 3.05) is 10.2 Å². The van der Waals surface area contributed by atoms with Gasteiger partial charge >= 0.3 is 0 Å². The number of rotatable bonds is 1. The van der Waals surface area contributed by atoms with Crippen molar-refractivity contribution in [3.63, 3.8) is 0 Å². The predicted molar refractivity (Wildman–Crippen MR) is 128 cm³/mol. The first-order valence-corrected chi connectivity index (χ1v) is 11.2. The van der Waals surface area contributed by atoms with Crippen molar-refractivity contribution in [2.45, 2.75) is 32.1 Å². The fourth-order valence-corrected chi connectivity index (χ4v) is 5.66. The van der Waals surface area contributed by atoms with Gasteiger partial charge in [0.25, 0.3) is 0 Å². The highest BCUT2D eigenvalue weighted by molar-refractivity contribution is 6.31. The van der Waals surface area contributed by atoms with Gasteiger partial charge in [-0.2, -0.15) is 5.26 Å². The van der Waals surface area contributed by atoms with Crippen molar-refractivity contribution < 1.29 is 9.59 Å². The van der Waals surface area contributed by atoms with E-state index in [9.17, 15) is 14.9 Å². The third kappa shape index (κ3) is 2.93. The van der Waals surface area contributed by atoms with Crippen molar-refractivity contribution >= 4 is 46.3 Å². The number of anilines is 2. The number of Topliss-reactive ketones (excluding diaryl/α,β-unsaturated/α-hetero) is 1. The number of nitrogens with zero attached hydrogens (tertiary/aromatic N) is 2. The van der Waals surface area contributed by atoms with E-state index in [0.717, 1.165) is 0 Å². The van der Waals surface area contributed by atoms with E-state index in [1.165, 1.54) is 0 Å². The molecule has 2 aliphatic heterocycles. The summed E-state index contributed by atoms with van der Waals surface area (Å²) in [6.07, 6.45) is 0.712. The van der Waals surface area contributed by atoms with Crippen LogP contribution in [-0.4, -0.2) is 11.7 Å². The average Bonchev–Trinajstić information content (AvgIpc) is 2.99. The van der Waals surface area contributed by atoms with Gasteiger partial charge in [-0.1, -0.05) is 43.1 Å². The molecule has 2 aromatic rings. The topological polar surface area (TPSA) is 99.2 Å². The van der Waals surface area contributed by atoms with Crippen LogP contribution in [0, 0.1) is 16.7 Å². The lowest BCUT2D eigenvalue weighted by Gasteiger charge is -2.46. The van der Waals surface area contributed by atoms with Crippen molar-refractivity contribution in [2.24, 2.45) is 11.1 Å². The third-order valence-electron chi connectivity index (χ3n) is 6.52. The van der Waals surface area contributed by atoms with Crippen LogP contribution in [0.4, 0.5) is 11.4 Å². The number of carbonyl (C=O) groups excluding carboxylic acids is 2. The largest absolute Gasteiger partial charge is 0.384 e. The number of carbonyl (C=O) groups is 2. The smallest absolute Gasteiger partial charge is 0.245 e. The van der Waals surface area contributed by atoms with Gasteiger partial charge in [-0.25, -0.2) is 0 Å². The Hall–Kier alpha value is -3.27. The van der Waals surface area contributed by atoms with Gasteiger partial charge in [0.1, 0.15) is 17.3 Å². The third-order valence-corrected chi connectivity index (χ3v) is 6.99. The number of hydrogen-bond acceptors (Lipinski definition) is 5. The van der Waals surface area contributed by atoms with Crippen LogP contribution in [0.25, 0.3) is 0 Å². The minimum Gasteiger partial charge on any atom is -0.384 e. The van der Waals surface area contributed by atoms with Crippen LogP contribution in [0.15, 0.2) is 65.1 Å². The molecule has 0 aromatic heterocycles. The highest BCUT2D eigenvalue weighted by Gasteiger charge is 2.61. The van der Waals surface area contributed by atoms with E-state index >= 15 is 0 Å². The van der Waals surface area contributed by atoms with Gasteiger partial charge in [0.15, 0.2) is 5.78 Å². The zero-order valence-corrected chi connectivity index (χ0v) is 19.5. The molecule has 1 spiro atoms. The molecular weight excluding hydrogens is 459 g/mol. The summed E-state index contributed by atoms with van der Waals surface area (Å²) in [5.41, 5.74) is 7.07. The first kappa shape index (κ1) is 21.6. The van der Waals surface area contributed by atoms with E-state index in [1.54, 1.807) is 41.3 Å². The zero-order valence-electron chi connectivity index (χ0n) is 18.0. The fraction of sp³-hybridized carbons (Fsp3) is 0.240. The first-order valence-electron chi connectivity index (χ1n) is 10.4. The fourth-order valence-electron chi connectivity index (χ4n) is 5.30. The van der Waals surface area contributed by atoms with Crippen molar-refractivity contribution in [3.05, 3.63) is 80.7 Å². The van der Waals surface area contributed by atoms with Crippen LogP contribution in [0.2, 0.25) is 10.0 Å². The number of fused-ring (bicyclic) bond motifs is 3. The Balaban J connectivity index is 1.92. The van der Waals surface area contributed by atoms with Gasteiger partial charge in [-0.15, -0.1) is 0 Å². The number of nitrogens with two attached hydrogens (primary N) is 1. The van der Waals surface area contributed by atoms with Crippen LogP contribution in [0.5, 0.6) is 0 Å². The lowest BCUT2D eigenvalue weighted by Crippen LogP contribution is -2.52. The maximum atomic E-state index is 13.8. The zero-order chi connectivity index (χ0) is 23.7. The molecule has 6 nitrogen and oxygen atoms in total. The van der Waals surface area contributed by atoms with Gasteiger partial charge < -0.3 is 11.1 Å². The predicted octanol–water partition coefficient (Wildman–Crippen LogP) is 5.04. The van der Waals surface area contributed by atoms with Crippen LogP contribution >= 0.6 is 23.2 Å². The Bertz CT molecular complexity index is 1370. The van der Waals surface area contributed by atoms with Crippen LogP contribution in [0.3, 0.4) is 0 Å². The molecular formula is C25H20Cl2N4O2. The van der Waals surface area contributed by atoms with Crippen molar-refractivity contribution in [1.29, 1.82) is 5.26 Å². The number of hydrogen-bond donors (Lipinski definition) is 2. The molecule has 0 radical (unpaired) electrons. The molecule has 5 rings (SSSR count). The highest BCUT2D eigenvalue weighted by Crippen LogP contribution is 2.57. The summed E-state index contributed by atoms with van der Waals surface area (Å²) in [5, 5.41) is 14.0. The number of nitrogens with one attached hydrogen (secondary N) is 1. The molecule has 8 heteroatoms. The van der Waals surface area contributed by atoms with Crippen molar-refractivity contribution in [3.8, 4) is 6.07 Å². The normalized spacial score (nSPS) is 23.4. The van der Waals surface area contributed by atoms with E-state index in [-0.39, 0.29) is 34.6 Å². The molecule has 2 heterocycles. The average molecular weight is 479 g/mol. The summed E-state index contributed by atoms with van der Waals surface area (Å²) in [4.78, 5) is 29.1. The van der Waals surface area contributed by atoms with Gasteiger partial charge in [-0.3, -0.25) is 14.5 Å². The van der Waals surface area contributed by atoms with Crippen molar-refractivity contribution in [1.82, 2.24) is 0 Å². The van der Waals surface area contributed by atoms with Gasteiger partial charge in [0.2, 0.25) is 5.91 Å². The minimum atomic E-state index is -1.66. The van der Waals surface area contributed by atoms with Gasteiger partial charge in [-0.05, 0) is 48.2 Å². The van der Waals surface area contributed by atoms with Crippen LogP contribution < -0.4 is 16.0 Å². The second-order valence-corrected chi connectivity index (χ2v) is 10.2. The summed E-state index contributed by atoms with van der Waals surface area (Å²) in [7, 11) is 0. The molecule has 1 aliphatic carbocycles. The molecule has 0 bridgehead atoms. The molecule has 1 atom stereocenters. The Morgan fingerprint density at radius 1 is 1.09 bits per heavy atom. The second kappa shape index (κ2) is 7.11. The Kier molecular flexibility index (Phi) is 4.65. The lowest BCUT2D eigenvalue weighted by atomic mass is 9.61. The quantitative estimate of drug-likeness (QED) is 0.597. The minimum absolute atomic E-state index is 0.00667. The monoisotopic (exact) mass is 478 g/mol. The number of allylic oxidation sites excluding steroid dienone is 1. The maximum Gasteiger partial charge on any atom is 0.245 e. The number of halogens is 2. The maximum absolute atomic E-state index is 13.8. The van der Waals surface area contributed by atoms with E-state index in [1.807, 2.05) is 19.9 Å². The number of amides is 1. The summed E-state index contributed by atoms with van der Waals surface area (Å²) in [5.74, 6) is -0.589. The lowest BCUT2D eigenvalue weighted by molar-refractivity contribution is -0.123. The second-order valence-electron chi connectivity index (χ2n) is 9.34. The van der Waals surface area contributed by atoms with Gasteiger partial charge in [0, 0.05) is 44.7 Å². The van der Waals surface area contributed by atoms with E-state index in [4.69, 9.17) is 28.9 Å². The highest BCUT2D eigenvalue weighted by atomic mass is 35.5. The molecule has 1 amide bonds. The molecule has 3 aliphatic rings. The summed E-state index contributed by atoms with van der Waals surface area (Å²) < 4.78 is 0. The molecule has 33 heavy (non-hydrogen) atoms. The molecule has 2 aromatic carbocycles. The van der Waals surface area contributed by atoms with Crippen LogP contribution in [-0.2, 0) is 15.0 Å². The number of nitriles is 1. The summed E-state index contributed by atoms with van der Waals surface area (Å²) in [6.45, 7) is 3.99. The molecule has 0 saturated carbocycles. The standard InChI is InChI=1S/C25H20Cl2N4O2/c1-24(2)10-19-21(20(32)11-24)25(16-9-14(27)6-7-18(16)30-23(25)33)17(12-28)22(29)31(19)15-5-3-4-13(26)8-15/h3-9H,10-11,29H2,1-2H3,(H,30,33). The first-order chi connectivity index (χ1) is 15.6. The summed E-state index contributed by atoms with van der Waals surface area (Å²) >= 11 is 12.6. The van der Waals surface area contributed by atoms with E-state index < -0.39 is 11.3 Å². The molecule has 0 fully saturated rings. The molecule has 3 N–H and O–H groups in total. The Morgan fingerprint density at radius 2 is 1.82 bits per heavy atom. The molecule has 166 valence electrons. The number of benzene rings is 2. The Morgan fingerprint density at radius 3 is 2.52 bits per heavy atom. The number of ketones is 1. The SMILES string of the molecule is CC1(C)CC(=O)C2=C(C1)N(c1cccc(Cl)c1)C(N)=C(C#N)C21C(=O)Nc2ccc(Cl)cc21. The summed E-state index contributed by atoms with van der Waals surface area (Å²) in [6, 6.07) is 14.1. The molecule has 0 saturated heterocycles. The molecule has 1 unspecified atom stereocenters. The Labute approximate surface area is 201 Å². The van der Waals surface area contributed by atoms with Gasteiger partial charge in [0.05, 0.1) is 5.57 Å².